The zero-order chi connectivity index (χ0) is 14.0. The molecule has 2 rings (SSSR count). The minimum Gasteiger partial charge on any atom is -0.463 e. The van der Waals surface area contributed by atoms with Crippen molar-refractivity contribution in [3.8, 4) is 0 Å². The summed E-state index contributed by atoms with van der Waals surface area (Å²) in [6, 6.07) is 5.70. The van der Waals surface area contributed by atoms with Crippen LogP contribution in [0.2, 0.25) is 0 Å². The molecular formula is C12H12O6S. The van der Waals surface area contributed by atoms with Crippen molar-refractivity contribution in [1.82, 2.24) is 0 Å². The Morgan fingerprint density at radius 2 is 2.05 bits per heavy atom. The number of esters is 2. The molecule has 0 radical (unpaired) electrons. The molecule has 0 aliphatic carbocycles. The number of rotatable bonds is 3. The first-order valence-electron chi connectivity index (χ1n) is 5.56. The summed E-state index contributed by atoms with van der Waals surface area (Å²) in [7, 11) is -3.54. The van der Waals surface area contributed by atoms with Crippen molar-refractivity contribution in [3.05, 3.63) is 29.8 Å². The van der Waals surface area contributed by atoms with Gasteiger partial charge in [0.25, 0.3) is 0 Å². The van der Waals surface area contributed by atoms with E-state index < -0.39 is 27.9 Å². The standard InChI is InChI=1S/C12H12O6S/c1-19(15,16)10-5-3-2-4-8(10)11(13)18-9-6-7-17-12(9)14/h2-5,9H,6-7H2,1H3/t9-/m0/s1. The summed E-state index contributed by atoms with van der Waals surface area (Å²) in [5.74, 6) is -1.45. The Balaban J connectivity index is 2.27. The summed E-state index contributed by atoms with van der Waals surface area (Å²) < 4.78 is 32.8. The quantitative estimate of drug-likeness (QED) is 0.754. The summed E-state index contributed by atoms with van der Waals surface area (Å²) >= 11 is 0. The highest BCUT2D eigenvalue weighted by atomic mass is 32.2. The fraction of sp³-hybridized carbons (Fsp3) is 0.333. The van der Waals surface area contributed by atoms with Crippen molar-refractivity contribution in [2.75, 3.05) is 12.9 Å². The van der Waals surface area contributed by atoms with Crippen LogP contribution < -0.4 is 0 Å². The van der Waals surface area contributed by atoms with E-state index in [1.165, 1.54) is 24.3 Å². The second-order valence-corrected chi connectivity index (χ2v) is 6.10. The smallest absolute Gasteiger partial charge is 0.347 e. The average molecular weight is 284 g/mol. The van der Waals surface area contributed by atoms with E-state index in [-0.39, 0.29) is 23.5 Å². The maximum Gasteiger partial charge on any atom is 0.347 e. The molecule has 0 N–H and O–H groups in total. The molecule has 19 heavy (non-hydrogen) atoms. The monoisotopic (exact) mass is 284 g/mol. The van der Waals surface area contributed by atoms with Gasteiger partial charge in [0.05, 0.1) is 17.1 Å². The molecule has 0 saturated carbocycles. The van der Waals surface area contributed by atoms with E-state index >= 15 is 0 Å². The van der Waals surface area contributed by atoms with Crippen LogP contribution in [0.3, 0.4) is 0 Å². The van der Waals surface area contributed by atoms with Crippen LogP contribution in [-0.4, -0.2) is 39.3 Å². The second-order valence-electron chi connectivity index (χ2n) is 4.12. The van der Waals surface area contributed by atoms with Gasteiger partial charge in [0.15, 0.2) is 9.84 Å². The van der Waals surface area contributed by atoms with Crippen LogP contribution in [0.1, 0.15) is 16.8 Å². The minimum atomic E-state index is -3.54. The molecule has 1 aromatic carbocycles. The third-order valence-corrected chi connectivity index (χ3v) is 3.80. The van der Waals surface area contributed by atoms with Gasteiger partial charge in [-0.05, 0) is 12.1 Å². The van der Waals surface area contributed by atoms with Crippen LogP contribution in [0.4, 0.5) is 0 Å². The van der Waals surface area contributed by atoms with Gasteiger partial charge < -0.3 is 9.47 Å². The van der Waals surface area contributed by atoms with Crippen LogP contribution in [0.25, 0.3) is 0 Å². The minimum absolute atomic E-state index is 0.0790. The lowest BCUT2D eigenvalue weighted by Gasteiger charge is -2.10. The molecule has 7 heteroatoms. The van der Waals surface area contributed by atoms with Crippen molar-refractivity contribution in [1.29, 1.82) is 0 Å². The van der Waals surface area contributed by atoms with E-state index in [2.05, 4.69) is 4.74 Å². The highest BCUT2D eigenvalue weighted by Crippen LogP contribution is 2.19. The van der Waals surface area contributed by atoms with Crippen molar-refractivity contribution in [2.24, 2.45) is 0 Å². The molecule has 1 aliphatic rings. The summed E-state index contributed by atoms with van der Waals surface area (Å²) in [5, 5.41) is 0. The molecule has 1 fully saturated rings. The molecule has 0 bridgehead atoms. The predicted octanol–water partition coefficient (Wildman–Crippen LogP) is 0.562. The first-order valence-corrected chi connectivity index (χ1v) is 7.45. The van der Waals surface area contributed by atoms with Gasteiger partial charge in [-0.15, -0.1) is 0 Å². The van der Waals surface area contributed by atoms with Crippen LogP contribution >= 0.6 is 0 Å². The highest BCUT2D eigenvalue weighted by Gasteiger charge is 2.31. The molecule has 1 aromatic rings. The average Bonchev–Trinajstić information content (AvgIpc) is 2.74. The van der Waals surface area contributed by atoms with E-state index in [1.54, 1.807) is 0 Å². The molecule has 1 heterocycles. The third kappa shape index (κ3) is 2.93. The molecule has 6 nitrogen and oxygen atoms in total. The topological polar surface area (TPSA) is 86.7 Å². The van der Waals surface area contributed by atoms with Gasteiger partial charge >= 0.3 is 11.9 Å². The fourth-order valence-corrected chi connectivity index (χ4v) is 2.61. The third-order valence-electron chi connectivity index (χ3n) is 2.64. The van der Waals surface area contributed by atoms with Gasteiger partial charge in [0.2, 0.25) is 6.10 Å². The van der Waals surface area contributed by atoms with Gasteiger partial charge in [-0.25, -0.2) is 18.0 Å². The Morgan fingerprint density at radius 1 is 1.37 bits per heavy atom. The number of carbonyl (C=O) groups excluding carboxylic acids is 2. The fourth-order valence-electron chi connectivity index (χ4n) is 1.74. The van der Waals surface area contributed by atoms with Crippen LogP contribution in [0.5, 0.6) is 0 Å². The summed E-state index contributed by atoms with van der Waals surface area (Å²) in [6.07, 6.45) is 0.328. The van der Waals surface area contributed by atoms with E-state index in [0.717, 1.165) is 6.26 Å². The van der Waals surface area contributed by atoms with Crippen molar-refractivity contribution in [2.45, 2.75) is 17.4 Å². The number of cyclic esters (lactones) is 1. The van der Waals surface area contributed by atoms with Crippen LogP contribution in [-0.2, 0) is 24.1 Å². The van der Waals surface area contributed by atoms with Crippen molar-refractivity contribution >= 4 is 21.8 Å². The summed E-state index contributed by atoms with van der Waals surface area (Å²) in [4.78, 5) is 23.0. The molecule has 102 valence electrons. The highest BCUT2D eigenvalue weighted by molar-refractivity contribution is 7.90. The zero-order valence-electron chi connectivity index (χ0n) is 10.2. The van der Waals surface area contributed by atoms with E-state index in [1.807, 2.05) is 0 Å². The number of sulfone groups is 1. The van der Waals surface area contributed by atoms with E-state index in [4.69, 9.17) is 4.74 Å². The predicted molar refractivity (Wildman–Crippen MR) is 64.3 cm³/mol. The lowest BCUT2D eigenvalue weighted by Crippen LogP contribution is -2.23. The van der Waals surface area contributed by atoms with Gasteiger partial charge in [-0.1, -0.05) is 12.1 Å². The van der Waals surface area contributed by atoms with Gasteiger partial charge in [-0.2, -0.15) is 0 Å². The Labute approximate surface area is 110 Å². The number of hydrogen-bond acceptors (Lipinski definition) is 6. The van der Waals surface area contributed by atoms with Crippen molar-refractivity contribution < 1.29 is 27.5 Å². The summed E-state index contributed by atoms with van der Waals surface area (Å²) in [6.45, 7) is 0.199. The maximum absolute atomic E-state index is 11.9. The molecule has 0 aromatic heterocycles. The lowest BCUT2D eigenvalue weighted by molar-refractivity contribution is -0.145. The molecule has 0 amide bonds. The number of ether oxygens (including phenoxy) is 2. The number of benzene rings is 1. The number of hydrogen-bond donors (Lipinski definition) is 0. The molecule has 1 aliphatic heterocycles. The largest absolute Gasteiger partial charge is 0.463 e. The lowest BCUT2D eigenvalue weighted by atomic mass is 10.2. The molecule has 1 atom stereocenters. The van der Waals surface area contributed by atoms with Gasteiger partial charge in [-0.3, -0.25) is 0 Å². The molecular weight excluding hydrogens is 272 g/mol. The Bertz CT molecular complexity index is 619. The normalized spacial score (nSPS) is 19.0. The first kappa shape index (κ1) is 13.5. The van der Waals surface area contributed by atoms with Gasteiger partial charge in [0.1, 0.15) is 0 Å². The SMILES string of the molecule is CS(=O)(=O)c1ccccc1C(=O)O[C@H]1CCOC1=O. The Kier molecular flexibility index (Phi) is 3.57. The van der Waals surface area contributed by atoms with Gasteiger partial charge in [0, 0.05) is 12.7 Å². The van der Waals surface area contributed by atoms with Crippen LogP contribution in [0, 0.1) is 0 Å². The maximum atomic E-state index is 11.9. The summed E-state index contributed by atoms with van der Waals surface area (Å²) in [5.41, 5.74) is -0.0790. The molecule has 1 saturated heterocycles. The Morgan fingerprint density at radius 3 is 2.63 bits per heavy atom. The molecule has 0 unspecified atom stereocenters. The molecule has 0 spiro atoms. The van der Waals surface area contributed by atoms with E-state index in [9.17, 15) is 18.0 Å². The van der Waals surface area contributed by atoms with Crippen molar-refractivity contribution in [3.63, 3.8) is 0 Å². The zero-order valence-corrected chi connectivity index (χ0v) is 11.0. The Hall–Kier alpha value is -1.89. The second kappa shape index (κ2) is 5.00. The van der Waals surface area contributed by atoms with Crippen LogP contribution in [0.15, 0.2) is 29.2 Å². The number of carbonyl (C=O) groups is 2. The first-order chi connectivity index (χ1) is 8.89. The van der Waals surface area contributed by atoms with E-state index in [0.29, 0.717) is 0 Å².